The highest BCUT2D eigenvalue weighted by Gasteiger charge is 2.37. The van der Waals surface area contributed by atoms with Crippen molar-refractivity contribution in [1.82, 2.24) is 9.88 Å². The Bertz CT molecular complexity index is 1290. The van der Waals surface area contributed by atoms with Gasteiger partial charge in [-0.2, -0.15) is 0 Å². The molecule has 1 aliphatic heterocycles. The quantitative estimate of drug-likeness (QED) is 0.380. The molecule has 4 amide bonds. The van der Waals surface area contributed by atoms with Crippen LogP contribution < -0.4 is 10.2 Å². The number of imide groups is 2. The SMILES string of the molecule is CCc1ccccc1N1C(=O)NC(=O)/C(=C\c2cn(CC(=O)OC)c3ccccc23)C1=O. The Morgan fingerprint density at radius 3 is 2.53 bits per heavy atom. The number of esters is 1. The maximum absolute atomic E-state index is 13.3. The van der Waals surface area contributed by atoms with Gasteiger partial charge >= 0.3 is 12.0 Å². The molecule has 0 spiro atoms. The number of urea groups is 1. The molecule has 1 fully saturated rings. The maximum Gasteiger partial charge on any atom is 0.335 e. The lowest BCUT2D eigenvalue weighted by atomic mass is 10.0. The van der Waals surface area contributed by atoms with Gasteiger partial charge in [-0.05, 0) is 30.2 Å². The Labute approximate surface area is 184 Å². The highest BCUT2D eigenvalue weighted by Crippen LogP contribution is 2.28. The first-order valence-electron chi connectivity index (χ1n) is 10.1. The number of carbonyl (C=O) groups excluding carboxylic acids is 4. The highest BCUT2D eigenvalue weighted by atomic mass is 16.5. The largest absolute Gasteiger partial charge is 0.468 e. The van der Waals surface area contributed by atoms with E-state index in [0.29, 0.717) is 17.7 Å². The molecule has 0 bridgehead atoms. The number of benzene rings is 2. The van der Waals surface area contributed by atoms with E-state index in [1.165, 1.54) is 13.2 Å². The number of rotatable bonds is 5. The van der Waals surface area contributed by atoms with Crippen molar-refractivity contribution in [2.75, 3.05) is 12.0 Å². The molecule has 4 rings (SSSR count). The van der Waals surface area contributed by atoms with E-state index in [9.17, 15) is 19.2 Å². The Balaban J connectivity index is 1.81. The van der Waals surface area contributed by atoms with Crippen LogP contribution in [0, 0.1) is 0 Å². The third kappa shape index (κ3) is 3.66. The Morgan fingerprint density at radius 2 is 1.78 bits per heavy atom. The number of barbiturate groups is 1. The van der Waals surface area contributed by atoms with E-state index in [1.54, 1.807) is 22.9 Å². The average molecular weight is 431 g/mol. The number of aryl methyl sites for hydroxylation is 1. The van der Waals surface area contributed by atoms with Gasteiger partial charge in [-0.25, -0.2) is 9.69 Å². The predicted octanol–water partition coefficient (Wildman–Crippen LogP) is 3.04. The van der Waals surface area contributed by atoms with Gasteiger partial charge < -0.3 is 9.30 Å². The van der Waals surface area contributed by atoms with Crippen molar-refractivity contribution in [3.63, 3.8) is 0 Å². The van der Waals surface area contributed by atoms with Gasteiger partial charge in [0.25, 0.3) is 11.8 Å². The van der Waals surface area contributed by atoms with Crippen LogP contribution in [-0.4, -0.2) is 35.5 Å². The number of nitrogens with one attached hydrogen (secondary N) is 1. The topological polar surface area (TPSA) is 97.7 Å². The predicted molar refractivity (Wildman–Crippen MR) is 119 cm³/mol. The third-order valence-corrected chi connectivity index (χ3v) is 5.36. The summed E-state index contributed by atoms with van der Waals surface area (Å²) < 4.78 is 6.44. The minimum atomic E-state index is -0.786. The molecular formula is C24H21N3O5. The van der Waals surface area contributed by atoms with Crippen LogP contribution in [0.1, 0.15) is 18.1 Å². The van der Waals surface area contributed by atoms with Crippen LogP contribution in [0.5, 0.6) is 0 Å². The van der Waals surface area contributed by atoms with Gasteiger partial charge in [-0.1, -0.05) is 43.3 Å². The van der Waals surface area contributed by atoms with E-state index < -0.39 is 23.8 Å². The number of nitrogens with zero attached hydrogens (tertiary/aromatic N) is 2. The first-order valence-corrected chi connectivity index (χ1v) is 10.1. The number of para-hydroxylation sites is 2. The molecule has 162 valence electrons. The maximum atomic E-state index is 13.3. The van der Waals surface area contributed by atoms with E-state index in [-0.39, 0.29) is 12.1 Å². The molecule has 8 nitrogen and oxygen atoms in total. The fourth-order valence-corrected chi connectivity index (χ4v) is 3.78. The van der Waals surface area contributed by atoms with E-state index >= 15 is 0 Å². The van der Waals surface area contributed by atoms with Crippen LogP contribution in [0.3, 0.4) is 0 Å². The molecule has 0 aliphatic carbocycles. The molecule has 1 aromatic heterocycles. The van der Waals surface area contributed by atoms with E-state index in [2.05, 4.69) is 5.32 Å². The Hall–Kier alpha value is -4.20. The summed E-state index contributed by atoms with van der Waals surface area (Å²) in [6.07, 6.45) is 3.74. The van der Waals surface area contributed by atoms with E-state index in [1.807, 2.05) is 43.3 Å². The highest BCUT2D eigenvalue weighted by molar-refractivity contribution is 6.39. The Morgan fingerprint density at radius 1 is 1.06 bits per heavy atom. The summed E-state index contributed by atoms with van der Waals surface area (Å²) in [5, 5.41) is 3.01. The molecule has 0 unspecified atom stereocenters. The number of methoxy groups -OCH3 is 1. The summed E-state index contributed by atoms with van der Waals surface area (Å²) in [6.45, 7) is 1.90. The molecule has 8 heteroatoms. The fraction of sp³-hybridized carbons (Fsp3) is 0.167. The van der Waals surface area contributed by atoms with Gasteiger partial charge in [0.05, 0.1) is 12.8 Å². The first-order chi connectivity index (χ1) is 15.4. The zero-order chi connectivity index (χ0) is 22.8. The van der Waals surface area contributed by atoms with Crippen molar-refractivity contribution in [3.05, 3.63) is 71.4 Å². The van der Waals surface area contributed by atoms with Crippen LogP contribution in [0.4, 0.5) is 10.5 Å². The fourth-order valence-electron chi connectivity index (χ4n) is 3.78. The molecule has 1 N–H and O–H groups in total. The number of carbonyl (C=O) groups is 4. The number of hydrogen-bond acceptors (Lipinski definition) is 5. The van der Waals surface area contributed by atoms with Gasteiger partial charge in [-0.15, -0.1) is 0 Å². The van der Waals surface area contributed by atoms with Gasteiger partial charge in [0.1, 0.15) is 12.1 Å². The second kappa shape index (κ2) is 8.50. The zero-order valence-electron chi connectivity index (χ0n) is 17.6. The van der Waals surface area contributed by atoms with Crippen molar-refractivity contribution in [3.8, 4) is 0 Å². The molecule has 1 aliphatic rings. The van der Waals surface area contributed by atoms with Gasteiger partial charge in [-0.3, -0.25) is 19.7 Å². The number of anilines is 1. The molecule has 0 radical (unpaired) electrons. The summed E-state index contributed by atoms with van der Waals surface area (Å²) in [4.78, 5) is 51.2. The van der Waals surface area contributed by atoms with Crippen molar-refractivity contribution in [1.29, 1.82) is 0 Å². The van der Waals surface area contributed by atoms with Crippen LogP contribution in [-0.2, 0) is 32.1 Å². The lowest BCUT2D eigenvalue weighted by molar-refractivity contribution is -0.141. The zero-order valence-corrected chi connectivity index (χ0v) is 17.6. The molecular weight excluding hydrogens is 410 g/mol. The molecule has 1 saturated heterocycles. The molecule has 2 aromatic carbocycles. The van der Waals surface area contributed by atoms with Crippen LogP contribution >= 0.6 is 0 Å². The second-order valence-electron chi connectivity index (χ2n) is 7.25. The van der Waals surface area contributed by atoms with E-state index in [0.717, 1.165) is 21.4 Å². The monoisotopic (exact) mass is 431 g/mol. The summed E-state index contributed by atoms with van der Waals surface area (Å²) in [5.74, 6) is -1.90. The average Bonchev–Trinajstić information content (AvgIpc) is 3.14. The number of aromatic nitrogens is 1. The van der Waals surface area contributed by atoms with Gasteiger partial charge in [0.2, 0.25) is 0 Å². The van der Waals surface area contributed by atoms with E-state index in [4.69, 9.17) is 4.74 Å². The number of ether oxygens (including phenoxy) is 1. The smallest absolute Gasteiger partial charge is 0.335 e. The molecule has 3 aromatic rings. The summed E-state index contributed by atoms with van der Waals surface area (Å²) in [7, 11) is 1.31. The normalized spacial score (nSPS) is 15.4. The summed E-state index contributed by atoms with van der Waals surface area (Å²) in [6, 6.07) is 13.6. The van der Waals surface area contributed by atoms with Crippen molar-refractivity contribution < 1.29 is 23.9 Å². The Kier molecular flexibility index (Phi) is 5.59. The van der Waals surface area contributed by atoms with Crippen molar-refractivity contribution in [2.24, 2.45) is 0 Å². The third-order valence-electron chi connectivity index (χ3n) is 5.36. The molecule has 32 heavy (non-hydrogen) atoms. The molecule has 2 heterocycles. The van der Waals surface area contributed by atoms with Gasteiger partial charge in [0, 0.05) is 22.7 Å². The number of hydrogen-bond donors (Lipinski definition) is 1. The lowest BCUT2D eigenvalue weighted by Gasteiger charge is -2.27. The summed E-state index contributed by atoms with van der Waals surface area (Å²) in [5.41, 5.74) is 2.39. The van der Waals surface area contributed by atoms with Gasteiger partial charge in [0.15, 0.2) is 0 Å². The first kappa shape index (κ1) is 21.0. The summed E-state index contributed by atoms with van der Waals surface area (Å²) >= 11 is 0. The number of fused-ring (bicyclic) bond motifs is 1. The van der Waals surface area contributed by atoms with Crippen LogP contribution in [0.25, 0.3) is 17.0 Å². The standard InChI is InChI=1S/C24H21N3O5/c1-3-15-8-4-6-10-19(15)27-23(30)18(22(29)25-24(27)31)12-16-13-26(14-21(28)32-2)20-11-7-5-9-17(16)20/h4-13H,3,14H2,1-2H3,(H,25,29,31)/b18-12+. The van der Waals surface area contributed by atoms with Crippen LogP contribution in [0.15, 0.2) is 60.3 Å². The number of amides is 4. The minimum absolute atomic E-state index is 0.0190. The van der Waals surface area contributed by atoms with Crippen LogP contribution in [0.2, 0.25) is 0 Å². The molecule has 0 saturated carbocycles. The van der Waals surface area contributed by atoms with Crippen molar-refractivity contribution in [2.45, 2.75) is 19.9 Å². The lowest BCUT2D eigenvalue weighted by Crippen LogP contribution is -2.54. The van der Waals surface area contributed by atoms with Crippen molar-refractivity contribution >= 4 is 46.5 Å². The molecule has 0 atom stereocenters. The minimum Gasteiger partial charge on any atom is -0.468 e. The second-order valence-corrected chi connectivity index (χ2v) is 7.25.